The molecule has 3 heterocycles. The van der Waals surface area contributed by atoms with Crippen molar-refractivity contribution in [3.63, 3.8) is 0 Å². The monoisotopic (exact) mass is 612 g/mol. The van der Waals surface area contributed by atoms with Crippen LogP contribution in [0.5, 0.6) is 5.75 Å². The lowest BCUT2D eigenvalue weighted by Crippen LogP contribution is -2.17. The smallest absolute Gasteiger partial charge is 0.137 e. The molecule has 2 saturated heterocycles. The van der Waals surface area contributed by atoms with Crippen molar-refractivity contribution in [2.75, 3.05) is 85.3 Å². The van der Waals surface area contributed by atoms with Gasteiger partial charge in [0.25, 0.3) is 0 Å². The highest BCUT2D eigenvalue weighted by atomic mass is 16.5. The average molecular weight is 613 g/mol. The number of hydrogen-bond donors (Lipinski definition) is 3. The van der Waals surface area contributed by atoms with Crippen molar-refractivity contribution in [3.05, 3.63) is 91.0 Å². The zero-order chi connectivity index (χ0) is 31.1. The number of rotatable bonds is 18. The number of pyridine rings is 1. The number of aromatic nitrogens is 1. The highest BCUT2D eigenvalue weighted by Crippen LogP contribution is 2.27. The molecule has 3 aromatic rings. The Morgan fingerprint density at radius 3 is 2.27 bits per heavy atom. The van der Waals surface area contributed by atoms with Crippen molar-refractivity contribution >= 4 is 28.4 Å². The number of nitrogen functional groups attached to an aromatic ring is 1. The summed E-state index contributed by atoms with van der Waals surface area (Å²) in [4.78, 5) is 9.34. The van der Waals surface area contributed by atoms with Gasteiger partial charge in [-0.25, -0.2) is 0 Å². The molecule has 2 aliphatic rings. The van der Waals surface area contributed by atoms with E-state index in [0.717, 1.165) is 67.7 Å². The molecule has 1 aromatic heterocycles. The van der Waals surface area contributed by atoms with Gasteiger partial charge in [-0.3, -0.25) is 4.98 Å². The lowest BCUT2D eigenvalue weighted by atomic mass is 10.2. The molecule has 45 heavy (non-hydrogen) atoms. The van der Waals surface area contributed by atoms with E-state index in [1.165, 1.54) is 37.1 Å². The zero-order valence-electron chi connectivity index (χ0n) is 26.4. The first kappa shape index (κ1) is 32.0. The maximum absolute atomic E-state index is 6.26. The minimum absolute atomic E-state index is 0.436. The van der Waals surface area contributed by atoms with E-state index >= 15 is 0 Å². The van der Waals surface area contributed by atoms with Gasteiger partial charge in [0.05, 0.1) is 43.0 Å². The molecule has 240 valence electrons. The van der Waals surface area contributed by atoms with Crippen LogP contribution in [0, 0.1) is 0 Å². The first-order valence-corrected chi connectivity index (χ1v) is 16.2. The van der Waals surface area contributed by atoms with Crippen LogP contribution in [0.3, 0.4) is 0 Å². The SMILES string of the molecule is C=C(/C=C\CCNc1ccc(N2CCCC2)cc1N)OCCOCCOc1ccc(CNc2ccc(N3CCCC3)cc2)nc1. The van der Waals surface area contributed by atoms with E-state index in [2.05, 4.69) is 74.5 Å². The Bertz CT molecular complexity index is 1350. The van der Waals surface area contributed by atoms with Crippen molar-refractivity contribution in [3.8, 4) is 5.75 Å². The number of hydrogen-bond acceptors (Lipinski definition) is 9. The second-order valence-electron chi connectivity index (χ2n) is 11.4. The van der Waals surface area contributed by atoms with Gasteiger partial charge in [0.2, 0.25) is 0 Å². The van der Waals surface area contributed by atoms with Crippen molar-refractivity contribution in [1.29, 1.82) is 0 Å². The molecule has 4 N–H and O–H groups in total. The van der Waals surface area contributed by atoms with Gasteiger partial charge in [-0.05, 0) is 92.8 Å². The third kappa shape index (κ3) is 10.4. The maximum Gasteiger partial charge on any atom is 0.137 e. The summed E-state index contributed by atoms with van der Waals surface area (Å²) in [6.07, 6.45) is 11.6. The second kappa shape index (κ2) is 17.2. The fraction of sp³-hybridized carbons (Fsp3) is 0.417. The van der Waals surface area contributed by atoms with Crippen LogP contribution in [0.25, 0.3) is 0 Å². The van der Waals surface area contributed by atoms with E-state index in [0.29, 0.717) is 38.7 Å². The highest BCUT2D eigenvalue weighted by Gasteiger charge is 2.13. The molecule has 0 spiro atoms. The third-order valence-electron chi connectivity index (χ3n) is 8.06. The molecule has 2 aromatic carbocycles. The molecule has 0 radical (unpaired) electrons. The number of nitrogens with zero attached hydrogens (tertiary/aromatic N) is 3. The topological polar surface area (TPSA) is 97.1 Å². The van der Waals surface area contributed by atoms with Gasteiger partial charge in [0.15, 0.2) is 0 Å². The Hall–Kier alpha value is -4.37. The second-order valence-corrected chi connectivity index (χ2v) is 11.4. The molecule has 2 aliphatic heterocycles. The number of allylic oxidation sites excluding steroid dienone is 1. The molecule has 9 nitrogen and oxygen atoms in total. The van der Waals surface area contributed by atoms with Crippen LogP contribution < -0.4 is 30.9 Å². The zero-order valence-corrected chi connectivity index (χ0v) is 26.4. The molecule has 0 aliphatic carbocycles. The van der Waals surface area contributed by atoms with E-state index in [1.54, 1.807) is 6.20 Å². The fourth-order valence-electron chi connectivity index (χ4n) is 5.55. The van der Waals surface area contributed by atoms with E-state index < -0.39 is 0 Å². The number of nitrogens with one attached hydrogen (secondary N) is 2. The Morgan fingerprint density at radius 1 is 0.844 bits per heavy atom. The van der Waals surface area contributed by atoms with Crippen LogP contribution in [-0.4, -0.2) is 64.1 Å². The van der Waals surface area contributed by atoms with Crippen molar-refractivity contribution < 1.29 is 14.2 Å². The molecule has 0 atom stereocenters. The van der Waals surface area contributed by atoms with Gasteiger partial charge < -0.3 is 40.4 Å². The average Bonchev–Trinajstić information content (AvgIpc) is 3.80. The standard InChI is InChI=1S/C36H48N6O3/c1-29(8-2-3-17-38-36-16-14-33(26-35(36)37)42-20-6-7-21-42)44-24-22-43-23-25-45-34-15-11-31(40-28-34)27-39-30-9-12-32(13-10-30)41-18-4-5-19-41/h2,8-16,26,28,38-39H,1,3-7,17-25,27,37H2/b8-2-. The molecule has 5 rings (SSSR count). The van der Waals surface area contributed by atoms with Crippen molar-refractivity contribution in [2.24, 2.45) is 0 Å². The van der Waals surface area contributed by atoms with E-state index in [9.17, 15) is 0 Å². The molecular weight excluding hydrogens is 564 g/mol. The summed E-state index contributed by atoms with van der Waals surface area (Å²) < 4.78 is 17.0. The van der Waals surface area contributed by atoms with E-state index in [4.69, 9.17) is 19.9 Å². The predicted molar refractivity (Wildman–Crippen MR) is 185 cm³/mol. The van der Waals surface area contributed by atoms with E-state index in [1.807, 2.05) is 24.3 Å². The van der Waals surface area contributed by atoms with Crippen LogP contribution in [0.15, 0.2) is 85.3 Å². The molecular formula is C36H48N6O3. The van der Waals surface area contributed by atoms with Crippen LogP contribution in [0.4, 0.5) is 28.4 Å². The van der Waals surface area contributed by atoms with Crippen LogP contribution >= 0.6 is 0 Å². The van der Waals surface area contributed by atoms with E-state index in [-0.39, 0.29) is 0 Å². The van der Waals surface area contributed by atoms with Crippen LogP contribution in [-0.2, 0) is 16.0 Å². The third-order valence-corrected chi connectivity index (χ3v) is 8.06. The summed E-state index contributed by atoms with van der Waals surface area (Å²) in [7, 11) is 0. The molecule has 2 fully saturated rings. The maximum atomic E-state index is 6.26. The summed E-state index contributed by atoms with van der Waals surface area (Å²) >= 11 is 0. The van der Waals surface area contributed by atoms with Crippen molar-refractivity contribution in [1.82, 2.24) is 4.98 Å². The van der Waals surface area contributed by atoms with Gasteiger partial charge in [0, 0.05) is 49.8 Å². The molecule has 0 amide bonds. The number of benzene rings is 2. The molecule has 0 bridgehead atoms. The first-order chi connectivity index (χ1) is 22.1. The summed E-state index contributed by atoms with van der Waals surface area (Å²) in [5, 5.41) is 6.85. The Kier molecular flexibility index (Phi) is 12.2. The Balaban J connectivity index is 0.868. The predicted octanol–water partition coefficient (Wildman–Crippen LogP) is 6.46. The number of nitrogens with two attached hydrogens (primary N) is 1. The van der Waals surface area contributed by atoms with Gasteiger partial charge >= 0.3 is 0 Å². The van der Waals surface area contributed by atoms with Gasteiger partial charge in [-0.1, -0.05) is 12.7 Å². The first-order valence-electron chi connectivity index (χ1n) is 16.2. The van der Waals surface area contributed by atoms with Gasteiger partial charge in [-0.15, -0.1) is 0 Å². The lowest BCUT2D eigenvalue weighted by Gasteiger charge is -2.19. The molecule has 9 heteroatoms. The summed E-state index contributed by atoms with van der Waals surface area (Å²) in [5.41, 5.74) is 12.6. The summed E-state index contributed by atoms with van der Waals surface area (Å²) in [5.74, 6) is 1.34. The highest BCUT2D eigenvalue weighted by molar-refractivity contribution is 5.72. The molecule has 0 saturated carbocycles. The summed E-state index contributed by atoms with van der Waals surface area (Å²) in [6.45, 7) is 11.8. The van der Waals surface area contributed by atoms with Crippen LogP contribution in [0.2, 0.25) is 0 Å². The van der Waals surface area contributed by atoms with Crippen LogP contribution in [0.1, 0.15) is 37.8 Å². The van der Waals surface area contributed by atoms with Gasteiger partial charge in [-0.2, -0.15) is 0 Å². The summed E-state index contributed by atoms with van der Waals surface area (Å²) in [6, 6.07) is 18.8. The minimum atomic E-state index is 0.436. The normalized spacial score (nSPS) is 14.7. The Labute approximate surface area is 268 Å². The minimum Gasteiger partial charge on any atom is -0.492 e. The fourth-order valence-corrected chi connectivity index (χ4v) is 5.55. The number of ether oxygens (including phenoxy) is 3. The van der Waals surface area contributed by atoms with Crippen molar-refractivity contribution in [2.45, 2.75) is 38.6 Å². The lowest BCUT2D eigenvalue weighted by molar-refractivity contribution is 0.0609. The quantitative estimate of drug-likeness (QED) is 0.0647. The molecule has 0 unspecified atom stereocenters. The largest absolute Gasteiger partial charge is 0.492 e. The van der Waals surface area contributed by atoms with Gasteiger partial charge in [0.1, 0.15) is 24.7 Å². The number of anilines is 5. The Morgan fingerprint density at radius 2 is 1.56 bits per heavy atom.